The van der Waals surface area contributed by atoms with Gasteiger partial charge in [0.15, 0.2) is 5.82 Å². The van der Waals surface area contributed by atoms with Gasteiger partial charge >= 0.3 is 12.0 Å². The number of unbranched alkanes of at least 4 members (excludes halogenated alkanes) is 2. The maximum Gasteiger partial charge on any atom is 0.338 e. The van der Waals surface area contributed by atoms with E-state index in [2.05, 4.69) is 41.9 Å². The first kappa shape index (κ1) is 24.6. The van der Waals surface area contributed by atoms with Crippen LogP contribution in [0.1, 0.15) is 49.2 Å². The minimum Gasteiger partial charge on any atom is -0.457 e. The van der Waals surface area contributed by atoms with E-state index in [9.17, 15) is 9.59 Å². The predicted molar refractivity (Wildman–Crippen MR) is 133 cm³/mol. The number of tetrazole rings is 1. The molecule has 1 aliphatic heterocycles. The Morgan fingerprint density at radius 3 is 2.57 bits per heavy atom. The van der Waals surface area contributed by atoms with Gasteiger partial charge in [-0.05, 0) is 43.0 Å². The Morgan fingerprint density at radius 1 is 1.09 bits per heavy atom. The number of ether oxygens (including phenoxy) is 1. The zero-order valence-corrected chi connectivity index (χ0v) is 21.0. The van der Waals surface area contributed by atoms with Gasteiger partial charge in [0.05, 0.1) is 11.6 Å². The molecular formula is C25H27BrN6O3. The molecule has 0 radical (unpaired) electrons. The summed E-state index contributed by atoms with van der Waals surface area (Å²) in [4.78, 5) is 28.0. The standard InChI is InChI=1S/C25H27BrN6O3/c1-17-22(24(33)35-16-18-8-4-2-5-9-18)23(19-11-13-20(26)14-12-19)27-25(34)32(17)15-7-3-6-10-21-28-30-31-29-21/h2,4-5,8-9,11-14,23H,3,6-7,10,15-16H2,1H3,(H,27,34)(H,28,29,30,31). The van der Waals surface area contributed by atoms with Crippen LogP contribution in [0, 0.1) is 0 Å². The molecule has 0 bridgehead atoms. The van der Waals surface area contributed by atoms with Crippen LogP contribution >= 0.6 is 15.9 Å². The van der Waals surface area contributed by atoms with Gasteiger partial charge in [-0.3, -0.25) is 4.90 Å². The summed E-state index contributed by atoms with van der Waals surface area (Å²) in [6, 6.07) is 16.3. The number of allylic oxidation sites excluding steroid dienone is 1. The van der Waals surface area contributed by atoms with Crippen molar-refractivity contribution < 1.29 is 14.3 Å². The number of aryl methyl sites for hydroxylation is 1. The number of nitrogens with zero attached hydrogens (tertiary/aromatic N) is 4. The molecule has 0 spiro atoms. The first-order valence-corrected chi connectivity index (χ1v) is 12.3. The zero-order valence-electron chi connectivity index (χ0n) is 19.4. The molecule has 9 nitrogen and oxygen atoms in total. The normalized spacial score (nSPS) is 15.8. The second-order valence-corrected chi connectivity index (χ2v) is 9.20. The number of hydrogen-bond acceptors (Lipinski definition) is 6. The first-order valence-electron chi connectivity index (χ1n) is 11.5. The number of H-pyrrole nitrogens is 1. The average molecular weight is 539 g/mol. The number of aromatic amines is 1. The lowest BCUT2D eigenvalue weighted by atomic mass is 9.95. The van der Waals surface area contributed by atoms with Crippen molar-refractivity contribution in [3.8, 4) is 0 Å². The lowest BCUT2D eigenvalue weighted by molar-refractivity contribution is -0.141. The summed E-state index contributed by atoms with van der Waals surface area (Å²) in [6.45, 7) is 2.46. The van der Waals surface area contributed by atoms with Gasteiger partial charge in [-0.25, -0.2) is 9.59 Å². The van der Waals surface area contributed by atoms with Crippen molar-refractivity contribution in [2.24, 2.45) is 0 Å². The molecule has 0 aliphatic carbocycles. The summed E-state index contributed by atoms with van der Waals surface area (Å²) in [7, 11) is 0. The van der Waals surface area contributed by atoms with Gasteiger partial charge in [0.25, 0.3) is 0 Å². The van der Waals surface area contributed by atoms with E-state index in [0.29, 0.717) is 23.6 Å². The number of amides is 2. The van der Waals surface area contributed by atoms with E-state index >= 15 is 0 Å². The molecule has 2 N–H and O–H groups in total. The van der Waals surface area contributed by atoms with Gasteiger partial charge < -0.3 is 10.1 Å². The Kier molecular flexibility index (Phi) is 8.25. The van der Waals surface area contributed by atoms with E-state index in [1.54, 1.807) is 4.90 Å². The lowest BCUT2D eigenvalue weighted by Crippen LogP contribution is -2.48. The minimum absolute atomic E-state index is 0.160. The highest BCUT2D eigenvalue weighted by atomic mass is 79.9. The first-order chi connectivity index (χ1) is 17.0. The number of rotatable bonds is 10. The molecule has 4 rings (SSSR count). The zero-order chi connectivity index (χ0) is 24.6. The van der Waals surface area contributed by atoms with E-state index in [0.717, 1.165) is 41.3 Å². The van der Waals surface area contributed by atoms with Crippen LogP contribution in [0.5, 0.6) is 0 Å². The number of halogens is 1. The number of nitrogens with one attached hydrogen (secondary N) is 2. The summed E-state index contributed by atoms with van der Waals surface area (Å²) >= 11 is 3.44. The Bertz CT molecular complexity index is 1170. The molecule has 3 aromatic rings. The van der Waals surface area contributed by atoms with Crippen LogP contribution in [0.15, 0.2) is 70.3 Å². The van der Waals surface area contributed by atoms with Crippen molar-refractivity contribution in [2.75, 3.05) is 6.54 Å². The third-order valence-corrected chi connectivity index (χ3v) is 6.43. The van der Waals surface area contributed by atoms with E-state index in [4.69, 9.17) is 4.74 Å². The van der Waals surface area contributed by atoms with Gasteiger partial charge in [0, 0.05) is 23.1 Å². The van der Waals surface area contributed by atoms with Crippen LogP contribution in [-0.4, -0.2) is 44.1 Å². The van der Waals surface area contributed by atoms with Crippen molar-refractivity contribution in [1.82, 2.24) is 30.8 Å². The quantitative estimate of drug-likeness (QED) is 0.291. The summed E-state index contributed by atoms with van der Waals surface area (Å²) < 4.78 is 6.59. The summed E-state index contributed by atoms with van der Waals surface area (Å²) in [5.74, 6) is 0.235. The van der Waals surface area contributed by atoms with E-state index in [1.165, 1.54) is 0 Å². The van der Waals surface area contributed by atoms with E-state index < -0.39 is 12.0 Å². The van der Waals surface area contributed by atoms with Crippen molar-refractivity contribution in [2.45, 2.75) is 45.3 Å². The monoisotopic (exact) mass is 538 g/mol. The second kappa shape index (κ2) is 11.7. The molecule has 0 saturated heterocycles. The van der Waals surface area contributed by atoms with Crippen LogP contribution < -0.4 is 5.32 Å². The molecule has 1 atom stereocenters. The van der Waals surface area contributed by atoms with Gasteiger partial charge in [-0.1, -0.05) is 70.0 Å². The summed E-state index contributed by atoms with van der Waals surface area (Å²) in [5, 5.41) is 16.9. The van der Waals surface area contributed by atoms with Gasteiger partial charge in [-0.15, -0.1) is 10.2 Å². The Hall–Kier alpha value is -3.53. The second-order valence-electron chi connectivity index (χ2n) is 8.29. The molecule has 1 unspecified atom stereocenters. The molecular weight excluding hydrogens is 512 g/mol. The molecule has 10 heteroatoms. The third kappa shape index (κ3) is 6.33. The number of esters is 1. The van der Waals surface area contributed by atoms with Crippen molar-refractivity contribution >= 4 is 27.9 Å². The number of urea groups is 1. The van der Waals surface area contributed by atoms with Crippen molar-refractivity contribution in [3.63, 3.8) is 0 Å². The number of carbonyl (C=O) groups excluding carboxylic acids is 2. The maximum atomic E-state index is 13.3. The largest absolute Gasteiger partial charge is 0.457 e. The Balaban J connectivity index is 1.49. The highest BCUT2D eigenvalue weighted by Gasteiger charge is 2.36. The molecule has 0 fully saturated rings. The molecule has 1 aromatic heterocycles. The highest BCUT2D eigenvalue weighted by molar-refractivity contribution is 9.10. The predicted octanol–water partition coefficient (Wildman–Crippen LogP) is 4.46. The fourth-order valence-electron chi connectivity index (χ4n) is 4.04. The van der Waals surface area contributed by atoms with E-state index in [1.807, 2.05) is 61.5 Å². The smallest absolute Gasteiger partial charge is 0.338 e. The third-order valence-electron chi connectivity index (χ3n) is 5.90. The minimum atomic E-state index is -0.589. The number of carbonyl (C=O) groups is 2. The van der Waals surface area contributed by atoms with Gasteiger partial charge in [0.2, 0.25) is 0 Å². The molecule has 1 aliphatic rings. The van der Waals surface area contributed by atoms with Crippen LogP contribution in [0.25, 0.3) is 0 Å². The van der Waals surface area contributed by atoms with Gasteiger partial charge in [0.1, 0.15) is 6.61 Å². The van der Waals surface area contributed by atoms with E-state index in [-0.39, 0.29) is 12.6 Å². The Morgan fingerprint density at radius 2 is 1.86 bits per heavy atom. The molecule has 182 valence electrons. The van der Waals surface area contributed by atoms with Crippen LogP contribution in [0.2, 0.25) is 0 Å². The van der Waals surface area contributed by atoms with Crippen molar-refractivity contribution in [1.29, 1.82) is 0 Å². The SMILES string of the molecule is CC1=C(C(=O)OCc2ccccc2)C(c2ccc(Br)cc2)NC(=O)N1CCCCCc1nn[nH]n1. The molecule has 35 heavy (non-hydrogen) atoms. The topological polar surface area (TPSA) is 113 Å². The fourth-order valence-corrected chi connectivity index (χ4v) is 4.30. The molecule has 2 heterocycles. The maximum absolute atomic E-state index is 13.3. The molecule has 2 amide bonds. The fraction of sp³-hybridized carbons (Fsp3) is 0.320. The van der Waals surface area contributed by atoms with Crippen LogP contribution in [0.3, 0.4) is 0 Å². The van der Waals surface area contributed by atoms with Crippen molar-refractivity contribution in [3.05, 3.63) is 87.3 Å². The van der Waals surface area contributed by atoms with Gasteiger partial charge in [-0.2, -0.15) is 5.21 Å². The average Bonchev–Trinajstić information content (AvgIpc) is 3.38. The summed E-state index contributed by atoms with van der Waals surface area (Å²) in [6.07, 6.45) is 3.26. The molecule has 2 aromatic carbocycles. The molecule has 0 saturated carbocycles. The van der Waals surface area contributed by atoms with Crippen LogP contribution in [-0.2, 0) is 22.6 Å². The lowest BCUT2D eigenvalue weighted by Gasteiger charge is -2.35. The summed E-state index contributed by atoms with van der Waals surface area (Å²) in [5.41, 5.74) is 2.76. The number of benzene rings is 2. The van der Waals surface area contributed by atoms with Crippen LogP contribution in [0.4, 0.5) is 4.79 Å². The highest BCUT2D eigenvalue weighted by Crippen LogP contribution is 2.32. The Labute approximate surface area is 212 Å². The number of hydrogen-bond donors (Lipinski definition) is 2. The number of aromatic nitrogens is 4.